The van der Waals surface area contributed by atoms with E-state index in [1.807, 2.05) is 0 Å². The Balaban J connectivity index is 2.69. The third-order valence-corrected chi connectivity index (χ3v) is 1.85. The third kappa shape index (κ3) is 3.98. The third-order valence-electron chi connectivity index (χ3n) is 1.85. The highest BCUT2D eigenvalue weighted by molar-refractivity contribution is 6.04. The Morgan fingerprint density at radius 3 is 2.76 bits per heavy atom. The summed E-state index contributed by atoms with van der Waals surface area (Å²) in [5.41, 5.74) is 0.531. The summed E-state index contributed by atoms with van der Waals surface area (Å²) in [6.45, 7) is 4.98. The van der Waals surface area contributed by atoms with Crippen LogP contribution in [-0.2, 0) is 4.74 Å². The van der Waals surface area contributed by atoms with Crippen molar-refractivity contribution in [1.29, 1.82) is 5.41 Å². The SMILES string of the molecule is C=C(C)OC(=O)NC(=N)c1cccc(OC)c1. The molecule has 0 spiro atoms. The van der Waals surface area contributed by atoms with Gasteiger partial charge in [0.2, 0.25) is 0 Å². The Bertz CT molecular complexity index is 455. The van der Waals surface area contributed by atoms with E-state index in [4.69, 9.17) is 10.1 Å². The first kappa shape index (κ1) is 12.8. The van der Waals surface area contributed by atoms with Gasteiger partial charge >= 0.3 is 6.09 Å². The van der Waals surface area contributed by atoms with Crippen molar-refractivity contribution >= 4 is 11.9 Å². The number of amides is 1. The van der Waals surface area contributed by atoms with Gasteiger partial charge in [-0.1, -0.05) is 18.7 Å². The first-order valence-electron chi connectivity index (χ1n) is 4.90. The highest BCUT2D eigenvalue weighted by Crippen LogP contribution is 2.12. The van der Waals surface area contributed by atoms with E-state index in [0.29, 0.717) is 11.3 Å². The molecule has 1 aromatic carbocycles. The number of hydrogen-bond acceptors (Lipinski definition) is 4. The summed E-state index contributed by atoms with van der Waals surface area (Å²) in [5, 5.41) is 9.96. The van der Waals surface area contributed by atoms with Gasteiger partial charge in [0.15, 0.2) is 0 Å². The van der Waals surface area contributed by atoms with Gasteiger partial charge in [-0.15, -0.1) is 0 Å². The lowest BCUT2D eigenvalue weighted by Crippen LogP contribution is -2.30. The normalized spacial score (nSPS) is 9.29. The molecule has 1 aromatic rings. The van der Waals surface area contributed by atoms with Crippen LogP contribution in [0.25, 0.3) is 0 Å². The van der Waals surface area contributed by atoms with E-state index in [1.165, 1.54) is 7.11 Å². The molecule has 5 nitrogen and oxygen atoms in total. The highest BCUT2D eigenvalue weighted by atomic mass is 16.6. The van der Waals surface area contributed by atoms with Gasteiger partial charge in [0.1, 0.15) is 11.6 Å². The van der Waals surface area contributed by atoms with Gasteiger partial charge < -0.3 is 9.47 Å². The van der Waals surface area contributed by atoms with Crippen LogP contribution in [-0.4, -0.2) is 19.0 Å². The fourth-order valence-corrected chi connectivity index (χ4v) is 1.14. The molecule has 0 saturated carbocycles. The molecule has 0 fully saturated rings. The van der Waals surface area contributed by atoms with Crippen molar-refractivity contribution in [3.63, 3.8) is 0 Å². The van der Waals surface area contributed by atoms with Gasteiger partial charge in [-0.2, -0.15) is 0 Å². The van der Waals surface area contributed by atoms with E-state index in [9.17, 15) is 4.79 Å². The number of allylic oxidation sites excluding steroid dienone is 1. The standard InChI is InChI=1S/C12H14N2O3/c1-8(2)17-12(15)14-11(13)9-5-4-6-10(7-9)16-3/h4-7H,1H2,2-3H3,(H2,13,14,15). The molecule has 0 aromatic heterocycles. The molecule has 0 atom stereocenters. The Morgan fingerprint density at radius 2 is 2.18 bits per heavy atom. The summed E-state index contributed by atoms with van der Waals surface area (Å²) in [5.74, 6) is 0.818. The van der Waals surface area contributed by atoms with Crippen molar-refractivity contribution < 1.29 is 14.3 Å². The highest BCUT2D eigenvalue weighted by Gasteiger charge is 2.08. The summed E-state index contributed by atoms with van der Waals surface area (Å²) >= 11 is 0. The van der Waals surface area contributed by atoms with E-state index in [0.717, 1.165) is 0 Å². The predicted octanol–water partition coefficient (Wildman–Crippen LogP) is 2.28. The molecule has 90 valence electrons. The molecule has 2 N–H and O–H groups in total. The van der Waals surface area contributed by atoms with Gasteiger partial charge in [0.25, 0.3) is 0 Å². The topological polar surface area (TPSA) is 71.4 Å². The van der Waals surface area contributed by atoms with Crippen LogP contribution in [0.1, 0.15) is 12.5 Å². The van der Waals surface area contributed by atoms with Crippen LogP contribution in [0.3, 0.4) is 0 Å². The fraction of sp³-hybridized carbons (Fsp3) is 0.167. The molecule has 0 radical (unpaired) electrons. The van der Waals surface area contributed by atoms with Crippen molar-refractivity contribution in [3.8, 4) is 5.75 Å². The summed E-state index contributed by atoms with van der Waals surface area (Å²) in [6.07, 6.45) is -0.731. The summed E-state index contributed by atoms with van der Waals surface area (Å²) in [6, 6.07) is 6.81. The molecule has 1 amide bonds. The average molecular weight is 234 g/mol. The van der Waals surface area contributed by atoms with E-state index in [2.05, 4.69) is 16.6 Å². The van der Waals surface area contributed by atoms with E-state index in [-0.39, 0.29) is 11.6 Å². The predicted molar refractivity (Wildman–Crippen MR) is 64.3 cm³/mol. The first-order valence-corrected chi connectivity index (χ1v) is 4.90. The van der Waals surface area contributed by atoms with Crippen LogP contribution in [0, 0.1) is 5.41 Å². The summed E-state index contributed by atoms with van der Waals surface area (Å²) in [4.78, 5) is 11.2. The van der Waals surface area contributed by atoms with E-state index >= 15 is 0 Å². The minimum Gasteiger partial charge on any atom is -0.497 e. The zero-order valence-electron chi connectivity index (χ0n) is 9.74. The zero-order chi connectivity index (χ0) is 12.8. The number of ether oxygens (including phenoxy) is 2. The molecule has 0 aliphatic heterocycles. The van der Waals surface area contributed by atoms with Crippen LogP contribution >= 0.6 is 0 Å². The number of rotatable bonds is 3. The van der Waals surface area contributed by atoms with Crippen molar-refractivity contribution in [2.24, 2.45) is 0 Å². The molecule has 0 bridgehead atoms. The molecule has 0 heterocycles. The van der Waals surface area contributed by atoms with Gasteiger partial charge in [-0.25, -0.2) is 4.79 Å². The number of alkyl carbamates (subject to hydrolysis) is 1. The summed E-state index contributed by atoms with van der Waals surface area (Å²) in [7, 11) is 1.53. The van der Waals surface area contributed by atoms with Crippen LogP contribution in [0.2, 0.25) is 0 Å². The lowest BCUT2D eigenvalue weighted by Gasteiger charge is -2.08. The molecular weight excluding hydrogens is 220 g/mol. The summed E-state index contributed by atoms with van der Waals surface area (Å²) < 4.78 is 9.70. The van der Waals surface area contributed by atoms with Crippen LogP contribution in [0.5, 0.6) is 5.75 Å². The van der Waals surface area contributed by atoms with Crippen molar-refractivity contribution in [3.05, 3.63) is 42.2 Å². The molecule has 0 unspecified atom stereocenters. The zero-order valence-corrected chi connectivity index (χ0v) is 9.74. The Kier molecular flexibility index (Phi) is 4.28. The average Bonchev–Trinajstić information content (AvgIpc) is 2.27. The molecule has 17 heavy (non-hydrogen) atoms. The number of hydrogen-bond donors (Lipinski definition) is 2. The van der Waals surface area contributed by atoms with Crippen molar-refractivity contribution in [2.75, 3.05) is 7.11 Å². The van der Waals surface area contributed by atoms with Gasteiger partial charge in [0, 0.05) is 5.56 Å². The number of carbonyl (C=O) groups excluding carboxylic acids is 1. The number of carbonyl (C=O) groups is 1. The van der Waals surface area contributed by atoms with Gasteiger partial charge in [-0.05, 0) is 19.1 Å². The molecule has 0 aliphatic carbocycles. The second-order valence-electron chi connectivity index (χ2n) is 3.32. The molecule has 1 rings (SSSR count). The van der Waals surface area contributed by atoms with E-state index < -0.39 is 6.09 Å². The lowest BCUT2D eigenvalue weighted by molar-refractivity contribution is 0.182. The van der Waals surface area contributed by atoms with Crippen LogP contribution < -0.4 is 10.1 Å². The maximum atomic E-state index is 11.2. The lowest BCUT2D eigenvalue weighted by atomic mass is 10.2. The van der Waals surface area contributed by atoms with Gasteiger partial charge in [0.05, 0.1) is 12.9 Å². The molecule has 0 saturated heterocycles. The fourth-order valence-electron chi connectivity index (χ4n) is 1.14. The van der Waals surface area contributed by atoms with Crippen molar-refractivity contribution in [1.82, 2.24) is 5.32 Å². The maximum absolute atomic E-state index is 11.2. The van der Waals surface area contributed by atoms with Crippen LogP contribution in [0.15, 0.2) is 36.6 Å². The van der Waals surface area contributed by atoms with E-state index in [1.54, 1.807) is 31.2 Å². The quantitative estimate of drug-likeness (QED) is 0.479. The number of nitrogens with one attached hydrogen (secondary N) is 2. The molecular formula is C12H14N2O3. The Labute approximate surface area is 99.6 Å². The molecule has 5 heteroatoms. The minimum atomic E-state index is -0.731. The van der Waals surface area contributed by atoms with Crippen molar-refractivity contribution in [2.45, 2.75) is 6.92 Å². The number of amidine groups is 1. The monoisotopic (exact) mass is 234 g/mol. The smallest absolute Gasteiger partial charge is 0.417 e. The number of methoxy groups -OCH3 is 1. The largest absolute Gasteiger partial charge is 0.497 e. The molecule has 0 aliphatic rings. The number of benzene rings is 1. The second kappa shape index (κ2) is 5.69. The van der Waals surface area contributed by atoms with Crippen LogP contribution in [0.4, 0.5) is 4.79 Å². The Hall–Kier alpha value is -2.30. The maximum Gasteiger partial charge on any atom is 0.417 e. The Morgan fingerprint density at radius 1 is 1.47 bits per heavy atom. The van der Waals surface area contributed by atoms with Gasteiger partial charge in [-0.3, -0.25) is 10.7 Å². The first-order chi connectivity index (χ1) is 8.02. The minimum absolute atomic E-state index is 0.0600. The second-order valence-corrected chi connectivity index (χ2v) is 3.32.